The zero-order chi connectivity index (χ0) is 19.6. The maximum absolute atomic E-state index is 12.6. The second-order valence-corrected chi connectivity index (χ2v) is 8.52. The van der Waals surface area contributed by atoms with Gasteiger partial charge in [0.05, 0.1) is 10.7 Å². The number of anilines is 2. The van der Waals surface area contributed by atoms with E-state index in [9.17, 15) is 4.79 Å². The standard InChI is InChI=1S/C19H24Cl2N4O2/c1-19(2,3)16-12-17(23-27-16)22-18(26)25-8-4-7-24(9-10-25)15-6-5-13(20)11-14(15)21/h5-6,11-12H,4,7-10H2,1-3H3,(H,22,23,26). The van der Waals surface area contributed by atoms with Crippen LogP contribution in [0.3, 0.4) is 0 Å². The molecule has 3 rings (SSSR count). The molecule has 1 aliphatic heterocycles. The SMILES string of the molecule is CC(C)(C)c1cc(NC(=O)N2CCCN(c3ccc(Cl)cc3Cl)CC2)no1. The maximum atomic E-state index is 12.6. The van der Waals surface area contributed by atoms with Gasteiger partial charge in [0.2, 0.25) is 0 Å². The van der Waals surface area contributed by atoms with Crippen molar-refractivity contribution in [3.8, 4) is 0 Å². The molecular formula is C19H24Cl2N4O2. The molecule has 2 aromatic rings. The van der Waals surface area contributed by atoms with Crippen molar-refractivity contribution in [2.75, 3.05) is 36.4 Å². The number of urea groups is 1. The number of hydrogen-bond acceptors (Lipinski definition) is 4. The van der Waals surface area contributed by atoms with Crippen molar-refractivity contribution >= 4 is 40.7 Å². The lowest BCUT2D eigenvalue weighted by Crippen LogP contribution is -2.38. The van der Waals surface area contributed by atoms with Crippen LogP contribution in [-0.2, 0) is 5.41 Å². The molecule has 0 bridgehead atoms. The van der Waals surface area contributed by atoms with Crippen molar-refractivity contribution in [2.24, 2.45) is 0 Å². The summed E-state index contributed by atoms with van der Waals surface area (Å²) in [5.41, 5.74) is 0.784. The first-order valence-corrected chi connectivity index (χ1v) is 9.73. The Kier molecular flexibility index (Phi) is 5.86. The highest BCUT2D eigenvalue weighted by atomic mass is 35.5. The molecule has 1 aromatic carbocycles. The summed E-state index contributed by atoms with van der Waals surface area (Å²) in [4.78, 5) is 16.6. The molecule has 146 valence electrons. The molecule has 27 heavy (non-hydrogen) atoms. The molecule has 0 unspecified atom stereocenters. The van der Waals surface area contributed by atoms with Crippen molar-refractivity contribution in [1.82, 2.24) is 10.1 Å². The summed E-state index contributed by atoms with van der Waals surface area (Å²) in [5.74, 6) is 1.17. The number of hydrogen-bond donors (Lipinski definition) is 1. The van der Waals surface area contributed by atoms with E-state index in [0.29, 0.717) is 35.5 Å². The number of carbonyl (C=O) groups excluding carboxylic acids is 1. The van der Waals surface area contributed by atoms with Gasteiger partial charge in [0.15, 0.2) is 5.82 Å². The number of benzene rings is 1. The first-order chi connectivity index (χ1) is 12.7. The minimum Gasteiger partial charge on any atom is -0.368 e. The Balaban J connectivity index is 1.62. The quantitative estimate of drug-likeness (QED) is 0.754. The molecule has 8 heteroatoms. The average Bonchev–Trinajstić information content (AvgIpc) is 2.92. The van der Waals surface area contributed by atoms with Gasteiger partial charge in [-0.3, -0.25) is 5.32 Å². The van der Waals surface area contributed by atoms with Gasteiger partial charge in [0.1, 0.15) is 5.76 Å². The second-order valence-electron chi connectivity index (χ2n) is 7.68. The van der Waals surface area contributed by atoms with Crippen molar-refractivity contribution in [1.29, 1.82) is 0 Å². The monoisotopic (exact) mass is 410 g/mol. The normalized spacial score (nSPS) is 15.6. The predicted octanol–water partition coefficient (Wildman–Crippen LogP) is 5.02. The highest BCUT2D eigenvalue weighted by molar-refractivity contribution is 6.36. The Bertz CT molecular complexity index is 816. The number of aromatic nitrogens is 1. The van der Waals surface area contributed by atoms with Gasteiger partial charge in [-0.2, -0.15) is 0 Å². The number of nitrogens with zero attached hydrogens (tertiary/aromatic N) is 3. The van der Waals surface area contributed by atoms with Crippen LogP contribution in [0.4, 0.5) is 16.3 Å². The van der Waals surface area contributed by atoms with Crippen LogP contribution in [0.1, 0.15) is 33.0 Å². The molecule has 2 amide bonds. The Morgan fingerprint density at radius 2 is 1.93 bits per heavy atom. The fourth-order valence-corrected chi connectivity index (χ4v) is 3.50. The molecule has 0 radical (unpaired) electrons. The fourth-order valence-electron chi connectivity index (χ4n) is 2.98. The third-order valence-electron chi connectivity index (χ3n) is 4.52. The first-order valence-electron chi connectivity index (χ1n) is 8.97. The van der Waals surface area contributed by atoms with Crippen molar-refractivity contribution < 1.29 is 9.32 Å². The smallest absolute Gasteiger partial charge is 0.323 e. The van der Waals surface area contributed by atoms with Crippen LogP contribution in [0, 0.1) is 0 Å². The Labute approximate surface area is 169 Å². The van der Waals surface area contributed by atoms with Crippen molar-refractivity contribution in [3.05, 3.63) is 40.1 Å². The molecule has 0 saturated carbocycles. The summed E-state index contributed by atoms with van der Waals surface area (Å²) in [6.45, 7) is 8.87. The highest BCUT2D eigenvalue weighted by Crippen LogP contribution is 2.29. The second kappa shape index (κ2) is 7.98. The molecule has 1 aliphatic rings. The van der Waals surface area contributed by atoms with E-state index in [0.717, 1.165) is 24.4 Å². The number of nitrogens with one attached hydrogen (secondary N) is 1. The van der Waals surface area contributed by atoms with Crippen LogP contribution < -0.4 is 10.2 Å². The fraction of sp³-hybridized carbons (Fsp3) is 0.474. The third kappa shape index (κ3) is 4.87. The average molecular weight is 411 g/mol. The summed E-state index contributed by atoms with van der Waals surface area (Å²) in [5, 5.41) is 8.01. The van der Waals surface area contributed by atoms with Crippen LogP contribution in [0.25, 0.3) is 0 Å². The van der Waals surface area contributed by atoms with Crippen molar-refractivity contribution in [2.45, 2.75) is 32.6 Å². The molecule has 6 nitrogen and oxygen atoms in total. The van der Waals surface area contributed by atoms with Gasteiger partial charge in [-0.05, 0) is 24.6 Å². The third-order valence-corrected chi connectivity index (χ3v) is 5.06. The topological polar surface area (TPSA) is 61.6 Å². The van der Waals surface area contributed by atoms with E-state index in [1.165, 1.54) is 0 Å². The molecule has 1 fully saturated rings. The van der Waals surface area contributed by atoms with E-state index in [2.05, 4.69) is 15.4 Å². The minimum absolute atomic E-state index is 0.156. The molecule has 0 atom stereocenters. The van der Waals surface area contributed by atoms with Gasteiger partial charge in [0, 0.05) is 42.7 Å². The van der Waals surface area contributed by atoms with Gasteiger partial charge >= 0.3 is 6.03 Å². The first kappa shape index (κ1) is 19.8. The van der Waals surface area contributed by atoms with Crippen LogP contribution in [-0.4, -0.2) is 42.3 Å². The summed E-state index contributed by atoms with van der Waals surface area (Å²) in [6, 6.07) is 7.09. The number of rotatable bonds is 2. The van der Waals surface area contributed by atoms with E-state index in [1.54, 1.807) is 17.0 Å². The lowest BCUT2D eigenvalue weighted by atomic mass is 9.93. The molecular weight excluding hydrogens is 387 g/mol. The summed E-state index contributed by atoms with van der Waals surface area (Å²) in [7, 11) is 0. The van der Waals surface area contributed by atoms with E-state index >= 15 is 0 Å². The van der Waals surface area contributed by atoms with Gasteiger partial charge in [0.25, 0.3) is 0 Å². The van der Waals surface area contributed by atoms with Crippen LogP contribution in [0.15, 0.2) is 28.8 Å². The maximum Gasteiger partial charge on any atom is 0.323 e. The number of halogens is 2. The van der Waals surface area contributed by atoms with E-state index < -0.39 is 0 Å². The predicted molar refractivity (Wildman–Crippen MR) is 109 cm³/mol. The Morgan fingerprint density at radius 3 is 2.59 bits per heavy atom. The van der Waals surface area contributed by atoms with Gasteiger partial charge in [-0.1, -0.05) is 49.1 Å². The summed E-state index contributed by atoms with van der Waals surface area (Å²) >= 11 is 12.3. The minimum atomic E-state index is -0.173. The number of carbonyl (C=O) groups is 1. The van der Waals surface area contributed by atoms with Gasteiger partial charge in [-0.25, -0.2) is 4.79 Å². The van der Waals surface area contributed by atoms with Crippen LogP contribution in [0.2, 0.25) is 10.0 Å². The van der Waals surface area contributed by atoms with Crippen molar-refractivity contribution in [3.63, 3.8) is 0 Å². The largest absolute Gasteiger partial charge is 0.368 e. The summed E-state index contributed by atoms with van der Waals surface area (Å²) < 4.78 is 5.32. The van der Waals surface area contributed by atoms with Crippen LogP contribution >= 0.6 is 23.2 Å². The lowest BCUT2D eigenvalue weighted by Gasteiger charge is -2.24. The molecule has 0 aliphatic carbocycles. The number of amides is 2. The van der Waals surface area contributed by atoms with E-state index in [4.69, 9.17) is 27.7 Å². The molecule has 0 spiro atoms. The molecule has 1 aromatic heterocycles. The molecule has 2 heterocycles. The van der Waals surface area contributed by atoms with Gasteiger partial charge < -0.3 is 14.3 Å². The van der Waals surface area contributed by atoms with Crippen LogP contribution in [0.5, 0.6) is 0 Å². The van der Waals surface area contributed by atoms with E-state index in [1.807, 2.05) is 32.9 Å². The zero-order valence-electron chi connectivity index (χ0n) is 15.8. The van der Waals surface area contributed by atoms with Gasteiger partial charge in [-0.15, -0.1) is 0 Å². The highest BCUT2D eigenvalue weighted by Gasteiger charge is 2.23. The lowest BCUT2D eigenvalue weighted by molar-refractivity contribution is 0.215. The molecule has 1 saturated heterocycles. The summed E-state index contributed by atoms with van der Waals surface area (Å²) in [6.07, 6.45) is 0.846. The molecule has 1 N–H and O–H groups in total. The van der Waals surface area contributed by atoms with E-state index in [-0.39, 0.29) is 11.4 Å². The Morgan fingerprint density at radius 1 is 1.15 bits per heavy atom. The Hall–Kier alpha value is -1.92. The zero-order valence-corrected chi connectivity index (χ0v) is 17.3.